The molecule has 110 valence electrons. The summed E-state index contributed by atoms with van der Waals surface area (Å²) < 4.78 is 4.70. The minimum Gasteiger partial charge on any atom is -0.467 e. The first-order chi connectivity index (χ1) is 9.42. The Kier molecular flexibility index (Phi) is 6.18. The van der Waals surface area contributed by atoms with Gasteiger partial charge >= 0.3 is 5.97 Å². The van der Waals surface area contributed by atoms with Crippen molar-refractivity contribution in [2.45, 2.75) is 26.4 Å². The highest BCUT2D eigenvalue weighted by molar-refractivity contribution is 5.83. The van der Waals surface area contributed by atoms with Crippen LogP contribution in [0.1, 0.15) is 18.1 Å². The predicted octanol–water partition coefficient (Wildman–Crippen LogP) is 1.10. The number of benzene rings is 1. The number of methoxy groups -OCH3 is 1. The third-order valence-electron chi connectivity index (χ3n) is 2.93. The third-order valence-corrected chi connectivity index (χ3v) is 2.93. The van der Waals surface area contributed by atoms with E-state index in [0.29, 0.717) is 13.1 Å². The molecular weight excluding hydrogens is 256 g/mol. The second kappa shape index (κ2) is 7.65. The van der Waals surface area contributed by atoms with Crippen LogP contribution in [-0.4, -0.2) is 43.5 Å². The lowest BCUT2D eigenvalue weighted by molar-refractivity contribution is -0.145. The number of carbonyl (C=O) groups is 2. The van der Waals surface area contributed by atoms with Gasteiger partial charge in [-0.15, -0.1) is 0 Å². The quantitative estimate of drug-likeness (QED) is 0.792. The van der Waals surface area contributed by atoms with Crippen molar-refractivity contribution in [3.8, 4) is 0 Å². The highest BCUT2D eigenvalue weighted by Gasteiger charge is 2.21. The standard InChI is InChI=1S/C15H22N2O3/c1-11-5-7-13(8-6-11)9-17(3)10-14(15(19)20-4)16-12(2)18/h5-8,14H,9-10H2,1-4H3,(H,16,18). The van der Waals surface area contributed by atoms with E-state index < -0.39 is 12.0 Å². The number of amides is 1. The van der Waals surface area contributed by atoms with E-state index in [1.807, 2.05) is 18.9 Å². The van der Waals surface area contributed by atoms with E-state index in [0.717, 1.165) is 5.56 Å². The van der Waals surface area contributed by atoms with Crippen molar-refractivity contribution in [3.05, 3.63) is 35.4 Å². The lowest BCUT2D eigenvalue weighted by Gasteiger charge is -2.23. The molecule has 0 aliphatic rings. The Balaban J connectivity index is 2.60. The molecule has 0 fully saturated rings. The normalized spacial score (nSPS) is 12.1. The fourth-order valence-corrected chi connectivity index (χ4v) is 1.95. The summed E-state index contributed by atoms with van der Waals surface area (Å²) in [5.74, 6) is -0.680. The number of esters is 1. The lowest BCUT2D eigenvalue weighted by atomic mass is 10.1. The first kappa shape index (κ1) is 16.2. The highest BCUT2D eigenvalue weighted by Crippen LogP contribution is 2.06. The summed E-state index contributed by atoms with van der Waals surface area (Å²) >= 11 is 0. The van der Waals surface area contributed by atoms with Crippen LogP contribution in [0.25, 0.3) is 0 Å². The summed E-state index contributed by atoms with van der Waals surface area (Å²) in [6.45, 7) is 4.53. The largest absolute Gasteiger partial charge is 0.467 e. The maximum atomic E-state index is 11.6. The van der Waals surface area contributed by atoms with E-state index in [4.69, 9.17) is 4.74 Å². The molecular formula is C15H22N2O3. The van der Waals surface area contributed by atoms with Gasteiger partial charge in [0.25, 0.3) is 0 Å². The first-order valence-electron chi connectivity index (χ1n) is 6.51. The second-order valence-corrected chi connectivity index (χ2v) is 4.96. The van der Waals surface area contributed by atoms with Gasteiger partial charge in [-0.3, -0.25) is 9.69 Å². The van der Waals surface area contributed by atoms with Crippen molar-refractivity contribution in [2.24, 2.45) is 0 Å². The van der Waals surface area contributed by atoms with Crippen molar-refractivity contribution in [3.63, 3.8) is 0 Å². The molecule has 0 aliphatic carbocycles. The van der Waals surface area contributed by atoms with Crippen molar-refractivity contribution < 1.29 is 14.3 Å². The van der Waals surface area contributed by atoms with Gasteiger partial charge in [-0.25, -0.2) is 4.79 Å². The second-order valence-electron chi connectivity index (χ2n) is 4.96. The zero-order valence-electron chi connectivity index (χ0n) is 12.5. The molecule has 0 aromatic heterocycles. The van der Waals surface area contributed by atoms with Crippen LogP contribution in [0.4, 0.5) is 0 Å². The molecule has 0 bridgehead atoms. The zero-order valence-corrected chi connectivity index (χ0v) is 12.5. The van der Waals surface area contributed by atoms with Gasteiger partial charge in [0.05, 0.1) is 7.11 Å². The molecule has 20 heavy (non-hydrogen) atoms. The van der Waals surface area contributed by atoms with Crippen LogP contribution in [0.3, 0.4) is 0 Å². The van der Waals surface area contributed by atoms with Gasteiger partial charge in [0.2, 0.25) is 5.91 Å². The molecule has 0 aliphatic heterocycles. The molecule has 1 aromatic carbocycles. The predicted molar refractivity (Wildman–Crippen MR) is 77.1 cm³/mol. The Morgan fingerprint density at radius 3 is 2.40 bits per heavy atom. The van der Waals surface area contributed by atoms with Gasteiger partial charge < -0.3 is 10.1 Å². The van der Waals surface area contributed by atoms with E-state index in [2.05, 4.69) is 29.6 Å². The molecule has 1 amide bonds. The Morgan fingerprint density at radius 1 is 1.30 bits per heavy atom. The van der Waals surface area contributed by atoms with Gasteiger partial charge in [-0.1, -0.05) is 29.8 Å². The summed E-state index contributed by atoms with van der Waals surface area (Å²) in [6, 6.07) is 7.56. The van der Waals surface area contributed by atoms with Crippen LogP contribution in [0.15, 0.2) is 24.3 Å². The van der Waals surface area contributed by atoms with Crippen molar-refractivity contribution in [1.29, 1.82) is 0 Å². The number of aryl methyl sites for hydroxylation is 1. The Hall–Kier alpha value is -1.88. The monoisotopic (exact) mass is 278 g/mol. The number of hydrogen-bond donors (Lipinski definition) is 1. The van der Waals surface area contributed by atoms with E-state index in [1.165, 1.54) is 19.6 Å². The molecule has 1 rings (SSSR count). The van der Waals surface area contributed by atoms with Gasteiger partial charge in [0.15, 0.2) is 0 Å². The molecule has 5 heteroatoms. The Labute approximate surface area is 119 Å². The molecule has 1 aromatic rings. The fraction of sp³-hybridized carbons (Fsp3) is 0.467. The van der Waals surface area contributed by atoms with Crippen molar-refractivity contribution >= 4 is 11.9 Å². The minimum absolute atomic E-state index is 0.246. The molecule has 5 nitrogen and oxygen atoms in total. The molecule has 0 heterocycles. The molecule has 1 N–H and O–H groups in total. The van der Waals surface area contributed by atoms with E-state index in [-0.39, 0.29) is 5.91 Å². The summed E-state index contributed by atoms with van der Waals surface area (Å²) in [4.78, 5) is 24.7. The minimum atomic E-state index is -0.645. The average molecular weight is 278 g/mol. The topological polar surface area (TPSA) is 58.6 Å². The van der Waals surface area contributed by atoms with Gasteiger partial charge in [-0.05, 0) is 19.5 Å². The zero-order chi connectivity index (χ0) is 15.1. The number of likely N-dealkylation sites (N-methyl/N-ethyl adjacent to an activating group) is 1. The summed E-state index contributed by atoms with van der Waals surface area (Å²) in [7, 11) is 3.22. The van der Waals surface area contributed by atoms with Crippen molar-refractivity contribution in [2.75, 3.05) is 20.7 Å². The van der Waals surface area contributed by atoms with E-state index >= 15 is 0 Å². The molecule has 0 saturated heterocycles. The number of hydrogen-bond acceptors (Lipinski definition) is 4. The molecule has 0 spiro atoms. The van der Waals surface area contributed by atoms with Crippen LogP contribution in [0.2, 0.25) is 0 Å². The summed E-state index contributed by atoms with van der Waals surface area (Å²) in [5.41, 5.74) is 2.37. The van der Waals surface area contributed by atoms with Crippen LogP contribution < -0.4 is 5.32 Å². The van der Waals surface area contributed by atoms with Crippen LogP contribution in [-0.2, 0) is 20.9 Å². The van der Waals surface area contributed by atoms with Crippen LogP contribution >= 0.6 is 0 Å². The number of carbonyl (C=O) groups excluding carboxylic acids is 2. The Bertz CT molecular complexity index is 457. The number of ether oxygens (including phenoxy) is 1. The van der Waals surface area contributed by atoms with E-state index in [9.17, 15) is 9.59 Å². The van der Waals surface area contributed by atoms with E-state index in [1.54, 1.807) is 0 Å². The first-order valence-corrected chi connectivity index (χ1v) is 6.51. The third kappa shape index (κ3) is 5.40. The van der Waals surface area contributed by atoms with Crippen LogP contribution in [0.5, 0.6) is 0 Å². The Morgan fingerprint density at radius 2 is 1.90 bits per heavy atom. The van der Waals surface area contributed by atoms with Crippen molar-refractivity contribution in [1.82, 2.24) is 10.2 Å². The van der Waals surface area contributed by atoms with Gasteiger partial charge in [-0.2, -0.15) is 0 Å². The van der Waals surface area contributed by atoms with Crippen LogP contribution in [0, 0.1) is 6.92 Å². The summed E-state index contributed by atoms with van der Waals surface area (Å²) in [6.07, 6.45) is 0. The molecule has 0 radical (unpaired) electrons. The van der Waals surface area contributed by atoms with Gasteiger partial charge in [0.1, 0.15) is 6.04 Å². The highest BCUT2D eigenvalue weighted by atomic mass is 16.5. The van der Waals surface area contributed by atoms with Gasteiger partial charge in [0, 0.05) is 20.0 Å². The molecule has 1 atom stereocenters. The number of rotatable bonds is 6. The average Bonchev–Trinajstić information content (AvgIpc) is 2.39. The molecule has 1 unspecified atom stereocenters. The maximum Gasteiger partial charge on any atom is 0.329 e. The smallest absolute Gasteiger partial charge is 0.329 e. The number of nitrogens with zero attached hydrogens (tertiary/aromatic N) is 1. The fourth-order valence-electron chi connectivity index (χ4n) is 1.95. The summed E-state index contributed by atoms with van der Waals surface area (Å²) in [5, 5.41) is 2.60. The SMILES string of the molecule is COC(=O)C(CN(C)Cc1ccc(C)cc1)NC(C)=O. The maximum absolute atomic E-state index is 11.6. The lowest BCUT2D eigenvalue weighted by Crippen LogP contribution is -2.47. The number of nitrogens with one attached hydrogen (secondary N) is 1. The molecule has 0 saturated carbocycles.